The van der Waals surface area contributed by atoms with Gasteiger partial charge in [-0.05, 0) is 24.6 Å². The van der Waals surface area contributed by atoms with E-state index in [1.165, 1.54) is 0 Å². The molecule has 6 nitrogen and oxygen atoms in total. The standard InChI is InChI=1S/C17H34N2O4Si/c1-5-9-10-11-12-22-16(20)18-19-17(21)23-24(13-6-2,14-7-3)15-8-4/h5-15H2,1-4H3/b19-18+. The minimum atomic E-state index is -2.13. The summed E-state index contributed by atoms with van der Waals surface area (Å²) >= 11 is 0. The molecule has 0 saturated carbocycles. The van der Waals surface area contributed by atoms with E-state index in [2.05, 4.69) is 37.9 Å². The van der Waals surface area contributed by atoms with Gasteiger partial charge in [0.25, 0.3) is 8.32 Å². The first-order valence-electron chi connectivity index (χ1n) is 9.35. The molecule has 0 aliphatic heterocycles. The van der Waals surface area contributed by atoms with Crippen LogP contribution in [-0.4, -0.2) is 27.1 Å². The lowest BCUT2D eigenvalue weighted by Gasteiger charge is -2.29. The summed E-state index contributed by atoms with van der Waals surface area (Å²) in [6.45, 7) is 8.72. The van der Waals surface area contributed by atoms with E-state index in [0.717, 1.165) is 63.1 Å². The highest BCUT2D eigenvalue weighted by Crippen LogP contribution is 2.28. The van der Waals surface area contributed by atoms with E-state index in [1.54, 1.807) is 0 Å². The molecule has 0 heterocycles. The van der Waals surface area contributed by atoms with Gasteiger partial charge in [0.2, 0.25) is 0 Å². The van der Waals surface area contributed by atoms with Crippen molar-refractivity contribution in [3.8, 4) is 0 Å². The molecule has 0 aromatic rings. The van der Waals surface area contributed by atoms with E-state index in [0.29, 0.717) is 6.61 Å². The Balaban J connectivity index is 4.41. The van der Waals surface area contributed by atoms with Gasteiger partial charge in [-0.15, -0.1) is 0 Å². The molecule has 2 amide bonds. The van der Waals surface area contributed by atoms with E-state index < -0.39 is 20.5 Å². The molecule has 140 valence electrons. The highest BCUT2D eigenvalue weighted by molar-refractivity contribution is 6.75. The number of amides is 2. The second-order valence-electron chi connectivity index (χ2n) is 6.18. The average Bonchev–Trinajstić information content (AvgIpc) is 2.53. The topological polar surface area (TPSA) is 77.3 Å². The number of hydrogen-bond acceptors (Lipinski definition) is 4. The Morgan fingerprint density at radius 3 is 1.79 bits per heavy atom. The van der Waals surface area contributed by atoms with Crippen molar-refractivity contribution in [1.82, 2.24) is 0 Å². The summed E-state index contributed by atoms with van der Waals surface area (Å²) in [5, 5.41) is 6.71. The van der Waals surface area contributed by atoms with Crippen molar-refractivity contribution in [2.24, 2.45) is 10.2 Å². The molecule has 0 radical (unpaired) electrons. The Kier molecular flexibility index (Phi) is 13.4. The van der Waals surface area contributed by atoms with Crippen molar-refractivity contribution in [3.63, 3.8) is 0 Å². The molecular weight excluding hydrogens is 324 g/mol. The molecule has 0 rings (SSSR count). The van der Waals surface area contributed by atoms with Crippen LogP contribution >= 0.6 is 0 Å². The third kappa shape index (κ3) is 10.5. The number of rotatable bonds is 12. The first kappa shape index (κ1) is 22.8. The van der Waals surface area contributed by atoms with Crippen molar-refractivity contribution < 1.29 is 18.8 Å². The van der Waals surface area contributed by atoms with Crippen molar-refractivity contribution in [1.29, 1.82) is 0 Å². The number of azo groups is 1. The fraction of sp³-hybridized carbons (Fsp3) is 0.882. The van der Waals surface area contributed by atoms with Gasteiger partial charge in [-0.1, -0.05) is 76.4 Å². The smallest absolute Gasteiger partial charge is 0.452 e. The van der Waals surface area contributed by atoms with Crippen LogP contribution in [0.3, 0.4) is 0 Å². The summed E-state index contributed by atoms with van der Waals surface area (Å²) in [6, 6.07) is 2.79. The molecule has 24 heavy (non-hydrogen) atoms. The van der Waals surface area contributed by atoms with Crippen molar-refractivity contribution in [3.05, 3.63) is 0 Å². The summed E-state index contributed by atoms with van der Waals surface area (Å²) < 4.78 is 10.6. The molecule has 0 N–H and O–H groups in total. The summed E-state index contributed by atoms with van der Waals surface area (Å²) in [5.41, 5.74) is 0. The number of carbonyl (C=O) groups is 2. The fourth-order valence-electron chi connectivity index (χ4n) is 2.90. The van der Waals surface area contributed by atoms with Crippen LogP contribution in [0.25, 0.3) is 0 Å². The van der Waals surface area contributed by atoms with Crippen LogP contribution < -0.4 is 0 Å². The largest absolute Gasteiger partial charge is 0.501 e. The van der Waals surface area contributed by atoms with Crippen LogP contribution in [0.2, 0.25) is 18.1 Å². The first-order valence-corrected chi connectivity index (χ1v) is 11.9. The first-order chi connectivity index (χ1) is 11.5. The summed E-state index contributed by atoms with van der Waals surface area (Å²) in [5.74, 6) is 0. The molecule has 0 aromatic carbocycles. The molecule has 0 aromatic heterocycles. The summed E-state index contributed by atoms with van der Waals surface area (Å²) in [6.07, 6.45) is 5.44. The molecule has 0 aliphatic carbocycles. The summed E-state index contributed by atoms with van der Waals surface area (Å²) in [4.78, 5) is 23.4. The minimum absolute atomic E-state index is 0.313. The lowest BCUT2D eigenvalue weighted by molar-refractivity contribution is 0.151. The van der Waals surface area contributed by atoms with Crippen LogP contribution in [0.15, 0.2) is 10.2 Å². The zero-order valence-corrected chi connectivity index (χ0v) is 16.8. The number of hydrogen-bond donors (Lipinski definition) is 0. The maximum Gasteiger partial charge on any atom is 0.452 e. The third-order valence-corrected chi connectivity index (χ3v) is 8.70. The van der Waals surface area contributed by atoms with Gasteiger partial charge >= 0.3 is 12.2 Å². The zero-order valence-electron chi connectivity index (χ0n) is 15.8. The van der Waals surface area contributed by atoms with Crippen molar-refractivity contribution in [2.75, 3.05) is 6.61 Å². The van der Waals surface area contributed by atoms with Gasteiger partial charge < -0.3 is 9.16 Å². The molecule has 0 unspecified atom stereocenters. The lowest BCUT2D eigenvalue weighted by atomic mass is 10.2. The van der Waals surface area contributed by atoms with Gasteiger partial charge in [0.1, 0.15) is 0 Å². The van der Waals surface area contributed by atoms with Gasteiger partial charge in [-0.3, -0.25) is 0 Å². The fourth-order valence-corrected chi connectivity index (χ4v) is 7.10. The van der Waals surface area contributed by atoms with E-state index in [9.17, 15) is 9.59 Å². The minimum Gasteiger partial charge on any atom is -0.501 e. The van der Waals surface area contributed by atoms with Crippen LogP contribution in [0.4, 0.5) is 9.59 Å². The van der Waals surface area contributed by atoms with E-state index in [4.69, 9.17) is 9.16 Å². The number of unbranched alkanes of at least 4 members (excludes halogenated alkanes) is 3. The maximum atomic E-state index is 11.9. The maximum absolute atomic E-state index is 11.9. The van der Waals surface area contributed by atoms with Gasteiger partial charge in [0.15, 0.2) is 0 Å². The molecular formula is C17H34N2O4Si. The number of nitrogens with zero attached hydrogens (tertiary/aromatic N) is 2. The highest BCUT2D eigenvalue weighted by Gasteiger charge is 2.36. The Morgan fingerprint density at radius 1 is 0.750 bits per heavy atom. The second-order valence-corrected chi connectivity index (χ2v) is 10.2. The van der Waals surface area contributed by atoms with E-state index in [1.807, 2.05) is 0 Å². The highest BCUT2D eigenvalue weighted by atomic mass is 28.4. The third-order valence-electron chi connectivity index (χ3n) is 3.86. The van der Waals surface area contributed by atoms with Crippen LogP contribution in [-0.2, 0) is 9.16 Å². The monoisotopic (exact) mass is 358 g/mol. The molecule has 7 heteroatoms. The Hall–Kier alpha value is -1.24. The molecule has 0 aliphatic rings. The normalized spacial score (nSPS) is 11.7. The zero-order chi connectivity index (χ0) is 18.3. The van der Waals surface area contributed by atoms with Crippen molar-refractivity contribution >= 4 is 20.5 Å². The number of ether oxygens (including phenoxy) is 1. The van der Waals surface area contributed by atoms with Crippen LogP contribution in [0.1, 0.15) is 72.6 Å². The van der Waals surface area contributed by atoms with E-state index in [-0.39, 0.29) is 0 Å². The number of carbonyl (C=O) groups excluding carboxylic acids is 2. The van der Waals surface area contributed by atoms with Gasteiger partial charge in [0, 0.05) is 0 Å². The second kappa shape index (κ2) is 14.1. The molecule has 0 fully saturated rings. The predicted molar refractivity (Wildman–Crippen MR) is 97.9 cm³/mol. The molecule has 0 atom stereocenters. The molecule has 0 saturated heterocycles. The molecule has 0 bridgehead atoms. The SMILES string of the molecule is CCCCCCOC(=O)/N=N/C(=O)O[Si](CCC)(CCC)CCC. The Labute approximate surface area is 147 Å². The molecule has 0 spiro atoms. The Bertz CT molecular complexity index is 372. The van der Waals surface area contributed by atoms with Crippen LogP contribution in [0, 0.1) is 0 Å². The van der Waals surface area contributed by atoms with Gasteiger partial charge in [-0.2, -0.15) is 0 Å². The lowest BCUT2D eigenvalue weighted by Crippen LogP contribution is -2.39. The van der Waals surface area contributed by atoms with Crippen LogP contribution in [0.5, 0.6) is 0 Å². The van der Waals surface area contributed by atoms with Gasteiger partial charge in [-0.25, -0.2) is 9.59 Å². The van der Waals surface area contributed by atoms with Crippen molar-refractivity contribution in [2.45, 2.75) is 90.8 Å². The van der Waals surface area contributed by atoms with Gasteiger partial charge in [0.05, 0.1) is 6.61 Å². The quantitative estimate of drug-likeness (QED) is 0.227. The predicted octanol–water partition coefficient (Wildman–Crippen LogP) is 6.47. The summed E-state index contributed by atoms with van der Waals surface area (Å²) in [7, 11) is -2.13. The van der Waals surface area contributed by atoms with E-state index >= 15 is 0 Å². The average molecular weight is 359 g/mol. The Morgan fingerprint density at radius 2 is 1.29 bits per heavy atom.